The molecule has 1 aromatic heterocycles. The van der Waals surface area contributed by atoms with Crippen LogP contribution in [0.1, 0.15) is 30.9 Å². The number of ether oxygens (including phenoxy) is 2. The molecule has 11 heteroatoms. The average Bonchev–Trinajstić information content (AvgIpc) is 2.85. The first-order chi connectivity index (χ1) is 17.7. The highest BCUT2D eigenvalue weighted by atomic mass is 19.4. The van der Waals surface area contributed by atoms with Crippen molar-refractivity contribution in [2.75, 3.05) is 28.6 Å². The van der Waals surface area contributed by atoms with Crippen LogP contribution in [-0.2, 0) is 16.1 Å². The molecule has 4 rings (SSSR count). The molecule has 8 nitrogen and oxygen atoms in total. The van der Waals surface area contributed by atoms with E-state index in [1.807, 2.05) is 31.2 Å². The number of alkyl halides is 3. The van der Waals surface area contributed by atoms with Gasteiger partial charge in [0.2, 0.25) is 5.91 Å². The van der Waals surface area contributed by atoms with E-state index in [1.54, 1.807) is 12.1 Å². The number of carbonyl (C=O) groups excluding carboxylic acids is 1. The molecule has 2 heterocycles. The van der Waals surface area contributed by atoms with Crippen molar-refractivity contribution in [3.63, 3.8) is 0 Å². The molecule has 0 bridgehead atoms. The number of halogens is 3. The number of amides is 1. The van der Waals surface area contributed by atoms with E-state index in [0.717, 1.165) is 54.3 Å². The summed E-state index contributed by atoms with van der Waals surface area (Å²) in [5, 5.41) is 6.12. The van der Waals surface area contributed by atoms with E-state index >= 15 is 0 Å². The van der Waals surface area contributed by atoms with E-state index in [4.69, 9.17) is 4.74 Å². The van der Waals surface area contributed by atoms with Crippen molar-refractivity contribution in [2.24, 2.45) is 0 Å². The lowest BCUT2D eigenvalue weighted by Gasteiger charge is -2.32. The maximum atomic E-state index is 12.3. The Morgan fingerprint density at radius 2 is 1.78 bits per heavy atom. The van der Waals surface area contributed by atoms with Gasteiger partial charge in [0.25, 0.3) is 0 Å². The summed E-state index contributed by atoms with van der Waals surface area (Å²) in [4.78, 5) is 22.4. The number of benzene rings is 2. The van der Waals surface area contributed by atoms with E-state index in [0.29, 0.717) is 12.4 Å². The van der Waals surface area contributed by atoms with Gasteiger partial charge in [-0.05, 0) is 55.2 Å². The quantitative estimate of drug-likeness (QED) is 0.405. The number of carbonyl (C=O) groups is 1. The Balaban J connectivity index is 1.29. The molecule has 2 aromatic carbocycles. The zero-order valence-electron chi connectivity index (χ0n) is 20.5. The van der Waals surface area contributed by atoms with Crippen molar-refractivity contribution >= 4 is 28.9 Å². The fraction of sp³-hybridized carbons (Fsp3) is 0.346. The average molecular weight is 516 g/mol. The lowest BCUT2D eigenvalue weighted by atomic mass is 10.1. The van der Waals surface area contributed by atoms with Crippen molar-refractivity contribution in [1.82, 2.24) is 9.97 Å². The van der Waals surface area contributed by atoms with Gasteiger partial charge in [-0.15, -0.1) is 13.2 Å². The Bertz CT molecular complexity index is 1210. The predicted molar refractivity (Wildman–Crippen MR) is 134 cm³/mol. The van der Waals surface area contributed by atoms with Crippen molar-refractivity contribution in [2.45, 2.75) is 45.8 Å². The van der Waals surface area contributed by atoms with E-state index in [-0.39, 0.29) is 17.8 Å². The molecule has 1 amide bonds. The summed E-state index contributed by atoms with van der Waals surface area (Å²) in [7, 11) is 0. The third-order valence-corrected chi connectivity index (χ3v) is 5.97. The van der Waals surface area contributed by atoms with Gasteiger partial charge in [0.15, 0.2) is 0 Å². The van der Waals surface area contributed by atoms with Crippen LogP contribution in [0.4, 0.5) is 36.2 Å². The molecular weight excluding hydrogens is 487 g/mol. The summed E-state index contributed by atoms with van der Waals surface area (Å²) in [5.74, 6) is 1.06. The maximum absolute atomic E-state index is 12.3. The summed E-state index contributed by atoms with van der Waals surface area (Å²) in [6.45, 7) is 5.20. The first-order valence-electron chi connectivity index (χ1n) is 11.8. The molecule has 3 aromatic rings. The molecule has 0 spiro atoms. The molecular formula is C26H28F3N5O3. The summed E-state index contributed by atoms with van der Waals surface area (Å²) < 4.78 is 46.8. The summed E-state index contributed by atoms with van der Waals surface area (Å²) in [6, 6.07) is 13.2. The number of nitrogens with zero attached hydrogens (tertiary/aromatic N) is 3. The van der Waals surface area contributed by atoms with Crippen LogP contribution in [0.5, 0.6) is 5.75 Å². The molecule has 0 unspecified atom stereocenters. The molecule has 1 fully saturated rings. The van der Waals surface area contributed by atoms with E-state index in [1.165, 1.54) is 25.4 Å². The Labute approximate surface area is 212 Å². The maximum Gasteiger partial charge on any atom is 0.573 e. The van der Waals surface area contributed by atoms with E-state index < -0.39 is 6.36 Å². The van der Waals surface area contributed by atoms with Gasteiger partial charge in [-0.1, -0.05) is 18.2 Å². The van der Waals surface area contributed by atoms with Crippen molar-refractivity contribution < 1.29 is 27.4 Å². The normalized spacial score (nSPS) is 14.4. The zero-order chi connectivity index (χ0) is 26.4. The van der Waals surface area contributed by atoms with Gasteiger partial charge in [-0.25, -0.2) is 9.97 Å². The number of nitrogens with one attached hydrogen (secondary N) is 2. The lowest BCUT2D eigenvalue weighted by Crippen LogP contribution is -2.37. The highest BCUT2D eigenvalue weighted by molar-refractivity contribution is 5.90. The molecule has 0 atom stereocenters. The minimum atomic E-state index is -4.70. The molecule has 1 aliphatic heterocycles. The Kier molecular flexibility index (Phi) is 8.12. The van der Waals surface area contributed by atoms with Gasteiger partial charge < -0.3 is 25.0 Å². The lowest BCUT2D eigenvalue weighted by molar-refractivity contribution is -0.274. The van der Waals surface area contributed by atoms with E-state index in [2.05, 4.69) is 30.2 Å². The highest BCUT2D eigenvalue weighted by Gasteiger charge is 2.31. The third kappa shape index (κ3) is 7.56. The second kappa shape index (κ2) is 11.5. The van der Waals surface area contributed by atoms with Crippen LogP contribution in [0.3, 0.4) is 0 Å². The van der Waals surface area contributed by atoms with Gasteiger partial charge >= 0.3 is 6.36 Å². The van der Waals surface area contributed by atoms with Crippen molar-refractivity contribution in [3.8, 4) is 5.75 Å². The van der Waals surface area contributed by atoms with Crippen LogP contribution in [0.2, 0.25) is 0 Å². The van der Waals surface area contributed by atoms with Crippen LogP contribution in [0.25, 0.3) is 0 Å². The smallest absolute Gasteiger partial charge is 0.406 e. The van der Waals surface area contributed by atoms with Crippen molar-refractivity contribution in [3.05, 3.63) is 66.0 Å². The van der Waals surface area contributed by atoms with Crippen LogP contribution >= 0.6 is 0 Å². The number of hydrogen-bond donors (Lipinski definition) is 2. The molecule has 37 heavy (non-hydrogen) atoms. The number of hydrogen-bond acceptors (Lipinski definition) is 7. The van der Waals surface area contributed by atoms with Crippen LogP contribution in [0.15, 0.2) is 54.9 Å². The first kappa shape index (κ1) is 26.2. The number of rotatable bonds is 8. The Hall–Kier alpha value is -3.86. The molecule has 0 radical (unpaired) electrons. The summed E-state index contributed by atoms with van der Waals surface area (Å²) >= 11 is 0. The number of anilines is 4. The highest BCUT2D eigenvalue weighted by Crippen LogP contribution is 2.28. The Morgan fingerprint density at radius 3 is 2.46 bits per heavy atom. The van der Waals surface area contributed by atoms with Gasteiger partial charge in [-0.2, -0.15) is 0 Å². The van der Waals surface area contributed by atoms with Crippen LogP contribution in [-0.4, -0.2) is 41.4 Å². The van der Waals surface area contributed by atoms with E-state index in [9.17, 15) is 18.0 Å². The minimum absolute atomic E-state index is 0.0425. The molecule has 196 valence electrons. The molecule has 0 aliphatic carbocycles. The standard InChI is InChI=1S/C26H28F3N5O3/c1-17-22(32-18(2)35)4-3-5-23(17)33-24-14-25(31-16-30-24)34-12-10-20(11-13-34)36-15-19-6-8-21(9-7-19)37-26(27,28)29/h3-9,14,16,20H,10-13,15H2,1-2H3,(H,32,35)(H,30,31,33). The second-order valence-corrected chi connectivity index (χ2v) is 8.73. The molecule has 0 saturated carbocycles. The fourth-order valence-corrected chi connectivity index (χ4v) is 4.08. The fourth-order valence-electron chi connectivity index (χ4n) is 4.08. The van der Waals surface area contributed by atoms with Gasteiger partial charge in [0.05, 0.1) is 12.7 Å². The minimum Gasteiger partial charge on any atom is -0.406 e. The topological polar surface area (TPSA) is 88.6 Å². The number of piperidine rings is 1. The molecule has 2 N–H and O–H groups in total. The molecule has 1 aliphatic rings. The van der Waals surface area contributed by atoms with Gasteiger partial charge in [0.1, 0.15) is 23.7 Å². The second-order valence-electron chi connectivity index (χ2n) is 8.73. The van der Waals surface area contributed by atoms with Crippen molar-refractivity contribution in [1.29, 1.82) is 0 Å². The summed E-state index contributed by atoms with van der Waals surface area (Å²) in [6.07, 6.45) is -1.57. The number of aromatic nitrogens is 2. The summed E-state index contributed by atoms with van der Waals surface area (Å²) in [5.41, 5.74) is 3.25. The third-order valence-electron chi connectivity index (χ3n) is 5.97. The van der Waals surface area contributed by atoms with Crippen LogP contribution < -0.4 is 20.3 Å². The first-order valence-corrected chi connectivity index (χ1v) is 11.8. The predicted octanol–water partition coefficient (Wildman–Crippen LogP) is 5.57. The molecule has 1 saturated heterocycles. The zero-order valence-corrected chi connectivity index (χ0v) is 20.5. The van der Waals surface area contributed by atoms with Crippen LogP contribution in [0, 0.1) is 6.92 Å². The SMILES string of the molecule is CC(=O)Nc1cccc(Nc2cc(N3CCC(OCc4ccc(OC(F)(F)F)cc4)CC3)ncn2)c1C. The largest absolute Gasteiger partial charge is 0.573 e. The van der Waals surface area contributed by atoms with Gasteiger partial charge in [-0.3, -0.25) is 4.79 Å². The Morgan fingerprint density at radius 1 is 1.08 bits per heavy atom. The van der Waals surface area contributed by atoms with Gasteiger partial charge in [0, 0.05) is 37.5 Å². The monoisotopic (exact) mass is 515 g/mol.